The van der Waals surface area contributed by atoms with Gasteiger partial charge in [-0.3, -0.25) is 9.59 Å². The normalized spacial score (nSPS) is 21.6. The lowest BCUT2D eigenvalue weighted by Crippen LogP contribution is -2.36. The van der Waals surface area contributed by atoms with Crippen LogP contribution in [-0.4, -0.2) is 36.3 Å². The minimum atomic E-state index is -0.198. The van der Waals surface area contributed by atoms with E-state index >= 15 is 0 Å². The first-order chi connectivity index (χ1) is 13.5. The standard InChI is InChI=1S/C24H28N2O2/c1-16-3-9-19(10-4-16)21-14-26(24(28)20-11-5-17(2)6-12-20)15-22(21)23(27)25-13-18-7-8-18/h3-6,9-12,18,21-22H,7-8,13-15H2,1-2H3,(H,25,27)/t21-,22+/m1/s1. The minimum Gasteiger partial charge on any atom is -0.356 e. The van der Waals surface area contributed by atoms with Crippen LogP contribution in [0, 0.1) is 25.7 Å². The molecule has 4 rings (SSSR count). The van der Waals surface area contributed by atoms with Crippen molar-refractivity contribution in [2.75, 3.05) is 19.6 Å². The number of rotatable bonds is 5. The summed E-state index contributed by atoms with van der Waals surface area (Å²) in [6, 6.07) is 16.0. The Morgan fingerprint density at radius 3 is 2.14 bits per heavy atom. The zero-order valence-corrected chi connectivity index (χ0v) is 16.7. The van der Waals surface area contributed by atoms with E-state index in [-0.39, 0.29) is 23.7 Å². The van der Waals surface area contributed by atoms with E-state index in [1.54, 1.807) is 0 Å². The molecule has 2 atom stereocenters. The molecular weight excluding hydrogens is 348 g/mol. The highest BCUT2D eigenvalue weighted by atomic mass is 16.2. The molecule has 0 radical (unpaired) electrons. The number of carbonyl (C=O) groups is 2. The summed E-state index contributed by atoms with van der Waals surface area (Å²) in [5, 5.41) is 3.13. The largest absolute Gasteiger partial charge is 0.356 e. The van der Waals surface area contributed by atoms with Gasteiger partial charge in [0.15, 0.2) is 0 Å². The molecule has 4 nitrogen and oxygen atoms in total. The van der Waals surface area contributed by atoms with Crippen molar-refractivity contribution in [3.63, 3.8) is 0 Å². The lowest BCUT2D eigenvalue weighted by molar-refractivity contribution is -0.125. The summed E-state index contributed by atoms with van der Waals surface area (Å²) in [6.07, 6.45) is 2.43. The Hall–Kier alpha value is -2.62. The van der Waals surface area contributed by atoms with Crippen molar-refractivity contribution in [2.45, 2.75) is 32.6 Å². The zero-order chi connectivity index (χ0) is 19.7. The van der Waals surface area contributed by atoms with E-state index in [1.165, 1.54) is 18.4 Å². The van der Waals surface area contributed by atoms with Crippen molar-refractivity contribution in [3.8, 4) is 0 Å². The fourth-order valence-corrected chi connectivity index (χ4v) is 3.96. The van der Waals surface area contributed by atoms with E-state index < -0.39 is 0 Å². The highest BCUT2D eigenvalue weighted by Gasteiger charge is 2.40. The summed E-state index contributed by atoms with van der Waals surface area (Å²) in [7, 11) is 0. The maximum atomic E-state index is 13.0. The van der Waals surface area contributed by atoms with Crippen LogP contribution < -0.4 is 5.32 Å². The Labute approximate surface area is 166 Å². The maximum Gasteiger partial charge on any atom is 0.253 e. The van der Waals surface area contributed by atoms with Gasteiger partial charge in [0, 0.05) is 31.1 Å². The Bertz CT molecular complexity index is 853. The van der Waals surface area contributed by atoms with Gasteiger partial charge in [0.05, 0.1) is 5.92 Å². The van der Waals surface area contributed by atoms with Gasteiger partial charge in [-0.1, -0.05) is 47.5 Å². The predicted molar refractivity (Wildman–Crippen MR) is 110 cm³/mol. The molecule has 1 saturated heterocycles. The zero-order valence-electron chi connectivity index (χ0n) is 16.7. The molecule has 0 unspecified atom stereocenters. The summed E-state index contributed by atoms with van der Waals surface area (Å²) >= 11 is 0. The Kier molecular flexibility index (Phi) is 5.21. The average molecular weight is 377 g/mol. The molecule has 1 aliphatic carbocycles. The molecule has 2 amide bonds. The molecule has 2 aromatic rings. The number of aryl methyl sites for hydroxylation is 2. The second-order valence-electron chi connectivity index (χ2n) is 8.39. The molecule has 2 aromatic carbocycles. The first-order valence-electron chi connectivity index (χ1n) is 10.2. The summed E-state index contributed by atoms with van der Waals surface area (Å²) in [6.45, 7) is 5.89. The number of hydrogen-bond acceptors (Lipinski definition) is 2. The number of likely N-dealkylation sites (tertiary alicyclic amines) is 1. The number of amides is 2. The highest BCUT2D eigenvalue weighted by molar-refractivity contribution is 5.95. The SMILES string of the molecule is Cc1ccc(C(=O)N2C[C@H](C(=O)NCC3CC3)[C@@H](c3ccc(C)cc3)C2)cc1. The third-order valence-corrected chi connectivity index (χ3v) is 6.01. The van der Waals surface area contributed by atoms with Crippen LogP contribution >= 0.6 is 0 Å². The van der Waals surface area contributed by atoms with Crippen molar-refractivity contribution < 1.29 is 9.59 Å². The smallest absolute Gasteiger partial charge is 0.253 e. The number of benzene rings is 2. The van der Waals surface area contributed by atoms with E-state index in [9.17, 15) is 9.59 Å². The molecule has 4 heteroatoms. The second-order valence-corrected chi connectivity index (χ2v) is 8.39. The number of carbonyl (C=O) groups excluding carboxylic acids is 2. The van der Waals surface area contributed by atoms with Gasteiger partial charge in [-0.15, -0.1) is 0 Å². The minimum absolute atomic E-state index is 0.00889. The molecular formula is C24H28N2O2. The third kappa shape index (κ3) is 4.11. The average Bonchev–Trinajstić information content (AvgIpc) is 3.43. The van der Waals surface area contributed by atoms with E-state index in [0.29, 0.717) is 24.6 Å². The van der Waals surface area contributed by atoms with Gasteiger partial charge >= 0.3 is 0 Å². The summed E-state index contributed by atoms with van der Waals surface area (Å²) in [5.41, 5.74) is 4.15. The van der Waals surface area contributed by atoms with Crippen LogP contribution in [0.4, 0.5) is 0 Å². The Balaban J connectivity index is 1.54. The van der Waals surface area contributed by atoms with Crippen molar-refractivity contribution in [3.05, 3.63) is 70.8 Å². The molecule has 28 heavy (non-hydrogen) atoms. The summed E-state index contributed by atoms with van der Waals surface area (Å²) in [5.74, 6) is 0.574. The van der Waals surface area contributed by atoms with Gasteiger partial charge in [0.2, 0.25) is 5.91 Å². The fraction of sp³-hybridized carbons (Fsp3) is 0.417. The molecule has 0 aromatic heterocycles. The third-order valence-electron chi connectivity index (χ3n) is 6.01. The Morgan fingerprint density at radius 1 is 0.929 bits per heavy atom. The van der Waals surface area contributed by atoms with Crippen LogP contribution in [0.25, 0.3) is 0 Å². The van der Waals surface area contributed by atoms with Gasteiger partial charge in [0.25, 0.3) is 5.91 Å². The molecule has 1 aliphatic heterocycles. The number of hydrogen-bond donors (Lipinski definition) is 1. The maximum absolute atomic E-state index is 13.0. The van der Waals surface area contributed by atoms with Gasteiger partial charge < -0.3 is 10.2 Å². The van der Waals surface area contributed by atoms with Gasteiger partial charge in [0.1, 0.15) is 0 Å². The van der Waals surface area contributed by atoms with Crippen LogP contribution in [-0.2, 0) is 4.79 Å². The Morgan fingerprint density at radius 2 is 1.54 bits per heavy atom. The monoisotopic (exact) mass is 376 g/mol. The first-order valence-corrected chi connectivity index (χ1v) is 10.2. The molecule has 2 aliphatic rings. The quantitative estimate of drug-likeness (QED) is 0.865. The van der Waals surface area contributed by atoms with E-state index in [1.807, 2.05) is 36.1 Å². The van der Waals surface area contributed by atoms with Crippen molar-refractivity contribution in [1.82, 2.24) is 10.2 Å². The lowest BCUT2D eigenvalue weighted by atomic mass is 9.88. The first kappa shape index (κ1) is 18.7. The van der Waals surface area contributed by atoms with Crippen molar-refractivity contribution in [2.24, 2.45) is 11.8 Å². The fourth-order valence-electron chi connectivity index (χ4n) is 3.96. The van der Waals surface area contributed by atoms with Gasteiger partial charge in [-0.25, -0.2) is 0 Å². The molecule has 146 valence electrons. The number of nitrogens with one attached hydrogen (secondary N) is 1. The molecule has 1 saturated carbocycles. The van der Waals surface area contributed by atoms with Gasteiger partial charge in [-0.05, 0) is 50.3 Å². The molecule has 1 N–H and O–H groups in total. The van der Waals surface area contributed by atoms with Crippen LogP contribution in [0.2, 0.25) is 0 Å². The van der Waals surface area contributed by atoms with Crippen LogP contribution in [0.3, 0.4) is 0 Å². The predicted octanol–water partition coefficient (Wildman–Crippen LogP) is 3.69. The topological polar surface area (TPSA) is 49.4 Å². The van der Waals surface area contributed by atoms with E-state index in [4.69, 9.17) is 0 Å². The summed E-state index contributed by atoms with van der Waals surface area (Å²) in [4.78, 5) is 27.8. The van der Waals surface area contributed by atoms with Crippen molar-refractivity contribution in [1.29, 1.82) is 0 Å². The van der Waals surface area contributed by atoms with Crippen molar-refractivity contribution >= 4 is 11.8 Å². The molecule has 2 fully saturated rings. The van der Waals surface area contributed by atoms with Crippen LogP contribution in [0.1, 0.15) is 45.8 Å². The molecule has 1 heterocycles. The lowest BCUT2D eigenvalue weighted by Gasteiger charge is -2.18. The second kappa shape index (κ2) is 7.78. The van der Waals surface area contributed by atoms with E-state index in [0.717, 1.165) is 17.7 Å². The van der Waals surface area contributed by atoms with Gasteiger partial charge in [-0.2, -0.15) is 0 Å². The number of nitrogens with zero attached hydrogens (tertiary/aromatic N) is 1. The molecule has 0 bridgehead atoms. The van der Waals surface area contributed by atoms with E-state index in [2.05, 4.69) is 36.5 Å². The van der Waals surface area contributed by atoms with Crippen LogP contribution in [0.15, 0.2) is 48.5 Å². The summed E-state index contributed by atoms with van der Waals surface area (Å²) < 4.78 is 0. The highest BCUT2D eigenvalue weighted by Crippen LogP contribution is 2.34. The molecule has 0 spiro atoms. The van der Waals surface area contributed by atoms with Crippen LogP contribution in [0.5, 0.6) is 0 Å².